The first-order chi connectivity index (χ1) is 5.47. The van der Waals surface area contributed by atoms with Crippen LogP contribution in [0.2, 0.25) is 0 Å². The van der Waals surface area contributed by atoms with Crippen molar-refractivity contribution in [2.75, 3.05) is 0 Å². The highest BCUT2D eigenvalue weighted by atomic mass is 16.2. The topological polar surface area (TPSA) is 34.1 Å². The van der Waals surface area contributed by atoms with Crippen molar-refractivity contribution in [3.63, 3.8) is 0 Å². The molecule has 1 unspecified atom stereocenters. The Morgan fingerprint density at radius 2 is 2.00 bits per heavy atom. The molecule has 0 saturated heterocycles. The molecule has 0 N–H and O–H groups in total. The van der Waals surface area contributed by atoms with E-state index in [1.807, 2.05) is 6.92 Å². The number of allylic oxidation sites excluding steroid dienone is 4. The Balaban J connectivity index is 3.14. The number of carbonyl (C=O) groups excluding carboxylic acids is 2. The summed E-state index contributed by atoms with van der Waals surface area (Å²) in [5.74, 6) is -0.225. The summed E-state index contributed by atoms with van der Waals surface area (Å²) >= 11 is 0. The van der Waals surface area contributed by atoms with Crippen LogP contribution in [0.3, 0.4) is 0 Å². The fourth-order valence-electron chi connectivity index (χ4n) is 1.23. The molecule has 0 aromatic carbocycles. The van der Waals surface area contributed by atoms with Crippen LogP contribution in [0.15, 0.2) is 23.8 Å². The van der Waals surface area contributed by atoms with E-state index in [0.717, 1.165) is 5.57 Å². The molecule has 2 nitrogen and oxygen atoms in total. The van der Waals surface area contributed by atoms with Crippen molar-refractivity contribution in [1.82, 2.24) is 0 Å². The van der Waals surface area contributed by atoms with Gasteiger partial charge in [-0.2, -0.15) is 0 Å². The Labute approximate surface area is 72.0 Å². The van der Waals surface area contributed by atoms with Crippen molar-refractivity contribution >= 4 is 11.6 Å². The second kappa shape index (κ2) is 2.70. The van der Waals surface area contributed by atoms with Crippen LogP contribution >= 0.6 is 0 Å². The zero-order valence-corrected chi connectivity index (χ0v) is 7.55. The van der Waals surface area contributed by atoms with E-state index in [0.29, 0.717) is 0 Å². The van der Waals surface area contributed by atoms with Gasteiger partial charge in [-0.05, 0) is 26.8 Å². The van der Waals surface area contributed by atoms with Gasteiger partial charge in [-0.15, -0.1) is 0 Å². The lowest BCUT2D eigenvalue weighted by Crippen LogP contribution is -2.33. The third kappa shape index (κ3) is 1.24. The summed E-state index contributed by atoms with van der Waals surface area (Å²) in [5.41, 5.74) is 0.0473. The van der Waals surface area contributed by atoms with Crippen LogP contribution in [-0.4, -0.2) is 11.6 Å². The molecule has 1 aliphatic rings. The van der Waals surface area contributed by atoms with Crippen molar-refractivity contribution in [2.45, 2.75) is 20.8 Å². The average Bonchev–Trinajstić information content (AvgIpc) is 1.97. The predicted molar refractivity (Wildman–Crippen MR) is 46.7 cm³/mol. The number of Topliss-reactive ketones (excluding diaryl/α,β-unsaturated/α-hetero) is 1. The monoisotopic (exact) mass is 164 g/mol. The first-order valence-corrected chi connectivity index (χ1v) is 3.90. The highest BCUT2D eigenvalue weighted by molar-refractivity contribution is 6.13. The van der Waals surface area contributed by atoms with Gasteiger partial charge in [0.05, 0.1) is 0 Å². The molecule has 0 radical (unpaired) electrons. The summed E-state index contributed by atoms with van der Waals surface area (Å²) < 4.78 is 0. The van der Waals surface area contributed by atoms with Crippen LogP contribution in [0.5, 0.6) is 0 Å². The first-order valence-electron chi connectivity index (χ1n) is 3.90. The van der Waals surface area contributed by atoms with E-state index in [-0.39, 0.29) is 11.6 Å². The number of carbonyl (C=O) groups is 2. The molecule has 0 heterocycles. The lowest BCUT2D eigenvalue weighted by Gasteiger charge is -2.22. The maximum Gasteiger partial charge on any atom is 0.172 e. The lowest BCUT2D eigenvalue weighted by molar-refractivity contribution is -0.132. The maximum absolute atomic E-state index is 11.4. The minimum Gasteiger partial charge on any atom is -0.299 e. The van der Waals surface area contributed by atoms with E-state index < -0.39 is 5.41 Å². The van der Waals surface area contributed by atoms with Crippen molar-refractivity contribution in [3.8, 4) is 0 Å². The molecule has 2 heteroatoms. The van der Waals surface area contributed by atoms with Gasteiger partial charge in [-0.1, -0.05) is 17.7 Å². The minimum absolute atomic E-state index is 0.101. The standard InChI is InChI=1S/C10H12O2/c1-7-4-5-9(12)10(3,6-7)8(2)11/h4-6H,1-3H3. The zero-order chi connectivity index (χ0) is 9.35. The molecule has 1 aliphatic carbocycles. The molecule has 0 aliphatic heterocycles. The number of ketones is 2. The Bertz CT molecular complexity index is 297. The summed E-state index contributed by atoms with van der Waals surface area (Å²) in [7, 11) is 0. The van der Waals surface area contributed by atoms with Gasteiger partial charge < -0.3 is 0 Å². The lowest BCUT2D eigenvalue weighted by atomic mass is 9.77. The predicted octanol–water partition coefficient (Wildman–Crippen LogP) is 1.67. The van der Waals surface area contributed by atoms with Gasteiger partial charge in [0.15, 0.2) is 5.78 Å². The van der Waals surface area contributed by atoms with E-state index in [9.17, 15) is 9.59 Å². The largest absolute Gasteiger partial charge is 0.299 e. The van der Waals surface area contributed by atoms with Gasteiger partial charge in [0, 0.05) is 0 Å². The van der Waals surface area contributed by atoms with E-state index >= 15 is 0 Å². The normalized spacial score (nSPS) is 28.6. The van der Waals surface area contributed by atoms with Gasteiger partial charge >= 0.3 is 0 Å². The van der Waals surface area contributed by atoms with Crippen LogP contribution in [0, 0.1) is 5.41 Å². The fourth-order valence-corrected chi connectivity index (χ4v) is 1.23. The molecule has 0 bridgehead atoms. The highest BCUT2D eigenvalue weighted by Gasteiger charge is 2.35. The van der Waals surface area contributed by atoms with E-state index in [1.54, 1.807) is 19.1 Å². The fraction of sp³-hybridized carbons (Fsp3) is 0.400. The Kier molecular flexibility index (Phi) is 2.01. The third-order valence-corrected chi connectivity index (χ3v) is 2.26. The summed E-state index contributed by atoms with van der Waals surface area (Å²) in [5, 5.41) is 0. The summed E-state index contributed by atoms with van der Waals surface area (Å²) in [6.07, 6.45) is 4.92. The molecular weight excluding hydrogens is 152 g/mol. The summed E-state index contributed by atoms with van der Waals surface area (Å²) in [6.45, 7) is 4.98. The molecular formula is C10H12O2. The van der Waals surface area contributed by atoms with Gasteiger partial charge in [0.1, 0.15) is 11.2 Å². The SMILES string of the molecule is CC(=O)C1(C)C=C(C)C=CC1=O. The molecule has 0 saturated carbocycles. The van der Waals surface area contributed by atoms with E-state index in [4.69, 9.17) is 0 Å². The molecule has 12 heavy (non-hydrogen) atoms. The molecule has 0 spiro atoms. The molecule has 1 rings (SSSR count). The second-order valence-corrected chi connectivity index (χ2v) is 3.34. The van der Waals surface area contributed by atoms with Crippen molar-refractivity contribution in [1.29, 1.82) is 0 Å². The van der Waals surface area contributed by atoms with Crippen LogP contribution in [0.25, 0.3) is 0 Å². The third-order valence-electron chi connectivity index (χ3n) is 2.26. The minimum atomic E-state index is -0.918. The smallest absolute Gasteiger partial charge is 0.172 e. The van der Waals surface area contributed by atoms with Gasteiger partial charge in [0.2, 0.25) is 0 Å². The molecule has 0 amide bonds. The first kappa shape index (κ1) is 8.91. The van der Waals surface area contributed by atoms with Crippen molar-refractivity contribution < 1.29 is 9.59 Å². The summed E-state index contributed by atoms with van der Waals surface area (Å²) in [6, 6.07) is 0. The van der Waals surface area contributed by atoms with Crippen LogP contribution in [0.1, 0.15) is 20.8 Å². The van der Waals surface area contributed by atoms with Gasteiger partial charge in [-0.25, -0.2) is 0 Å². The van der Waals surface area contributed by atoms with Gasteiger partial charge in [-0.3, -0.25) is 9.59 Å². The zero-order valence-electron chi connectivity index (χ0n) is 7.55. The van der Waals surface area contributed by atoms with Gasteiger partial charge in [0.25, 0.3) is 0 Å². The number of hydrogen-bond donors (Lipinski definition) is 0. The maximum atomic E-state index is 11.4. The van der Waals surface area contributed by atoms with E-state index in [2.05, 4.69) is 0 Å². The Morgan fingerprint density at radius 1 is 1.42 bits per heavy atom. The number of hydrogen-bond acceptors (Lipinski definition) is 2. The molecule has 1 atom stereocenters. The Morgan fingerprint density at radius 3 is 2.42 bits per heavy atom. The van der Waals surface area contributed by atoms with E-state index in [1.165, 1.54) is 13.0 Å². The number of rotatable bonds is 1. The average molecular weight is 164 g/mol. The highest BCUT2D eigenvalue weighted by Crippen LogP contribution is 2.27. The van der Waals surface area contributed by atoms with Crippen LogP contribution < -0.4 is 0 Å². The molecule has 0 aromatic rings. The Hall–Kier alpha value is -1.18. The van der Waals surface area contributed by atoms with Crippen molar-refractivity contribution in [3.05, 3.63) is 23.8 Å². The quantitative estimate of drug-likeness (QED) is 0.552. The second-order valence-electron chi connectivity index (χ2n) is 3.34. The molecule has 0 fully saturated rings. The molecule has 0 aromatic heterocycles. The molecule has 64 valence electrons. The van der Waals surface area contributed by atoms with Crippen LogP contribution in [0.4, 0.5) is 0 Å². The summed E-state index contributed by atoms with van der Waals surface area (Å²) in [4.78, 5) is 22.5. The van der Waals surface area contributed by atoms with Crippen molar-refractivity contribution in [2.24, 2.45) is 5.41 Å². The van der Waals surface area contributed by atoms with Crippen LogP contribution in [-0.2, 0) is 9.59 Å².